The van der Waals surface area contributed by atoms with E-state index in [0.29, 0.717) is 11.6 Å². The van der Waals surface area contributed by atoms with Gasteiger partial charge in [-0.2, -0.15) is 0 Å². The number of rotatable bonds is 8. The highest BCUT2D eigenvalue weighted by Crippen LogP contribution is 2.36. The Balaban J connectivity index is 1.30. The van der Waals surface area contributed by atoms with Crippen LogP contribution in [-0.4, -0.2) is 55.4 Å². The maximum Gasteiger partial charge on any atom is 0.244 e. The summed E-state index contributed by atoms with van der Waals surface area (Å²) in [5.41, 5.74) is 1.11. The zero-order valence-electron chi connectivity index (χ0n) is 17.2. The van der Waals surface area contributed by atoms with E-state index in [1.54, 1.807) is 25.4 Å². The van der Waals surface area contributed by atoms with Gasteiger partial charge in [0.1, 0.15) is 10.6 Å². The van der Waals surface area contributed by atoms with Crippen molar-refractivity contribution in [2.75, 3.05) is 26.7 Å². The van der Waals surface area contributed by atoms with Gasteiger partial charge in [-0.05, 0) is 68.5 Å². The predicted octanol–water partition coefficient (Wildman–Crippen LogP) is 3.81. The predicted molar refractivity (Wildman–Crippen MR) is 117 cm³/mol. The van der Waals surface area contributed by atoms with Crippen LogP contribution >= 0.6 is 11.6 Å². The number of likely N-dealkylation sites (tertiary alicyclic amines) is 1. The topological polar surface area (TPSA) is 62.7 Å². The van der Waals surface area contributed by atoms with Crippen LogP contribution in [0, 0.1) is 5.92 Å². The number of hydrogen-bond donors (Lipinski definition) is 0. The molecule has 1 aliphatic carbocycles. The van der Waals surface area contributed by atoms with Gasteiger partial charge < -0.3 is 4.74 Å². The molecule has 0 unspecified atom stereocenters. The fourth-order valence-corrected chi connectivity index (χ4v) is 5.63. The molecule has 2 aliphatic rings. The van der Waals surface area contributed by atoms with Crippen molar-refractivity contribution in [3.8, 4) is 5.75 Å². The van der Waals surface area contributed by atoms with Crippen molar-refractivity contribution in [1.29, 1.82) is 0 Å². The summed E-state index contributed by atoms with van der Waals surface area (Å²) in [7, 11) is -1.89. The first kappa shape index (κ1) is 21.6. The molecule has 4 rings (SSSR count). The Morgan fingerprint density at radius 1 is 1.20 bits per heavy atom. The number of ether oxygens (including phenoxy) is 1. The lowest BCUT2D eigenvalue weighted by Gasteiger charge is -2.37. The van der Waals surface area contributed by atoms with Crippen LogP contribution < -0.4 is 4.74 Å². The first-order valence-electron chi connectivity index (χ1n) is 10.5. The van der Waals surface area contributed by atoms with Crippen LogP contribution in [-0.2, 0) is 16.6 Å². The monoisotopic (exact) mass is 449 g/mol. The third-order valence-electron chi connectivity index (χ3n) is 5.98. The molecule has 1 saturated heterocycles. The molecule has 0 N–H and O–H groups in total. The number of nitrogens with zero attached hydrogens (tertiary/aromatic N) is 3. The van der Waals surface area contributed by atoms with E-state index < -0.39 is 10.0 Å². The summed E-state index contributed by atoms with van der Waals surface area (Å²) in [6.45, 7) is 3.59. The fourth-order valence-electron chi connectivity index (χ4n) is 4.19. The fraction of sp³-hybridized carbons (Fsp3) is 0.500. The Labute approximate surface area is 183 Å². The summed E-state index contributed by atoms with van der Waals surface area (Å²) in [6, 6.07) is 9.19. The summed E-state index contributed by atoms with van der Waals surface area (Å²) in [4.78, 5) is 6.55. The molecule has 1 aliphatic heterocycles. The van der Waals surface area contributed by atoms with E-state index >= 15 is 0 Å². The summed E-state index contributed by atoms with van der Waals surface area (Å²) in [5, 5.41) is 0.698. The molecule has 8 heteroatoms. The maximum absolute atomic E-state index is 12.6. The number of hydrogen-bond acceptors (Lipinski definition) is 5. The summed E-state index contributed by atoms with van der Waals surface area (Å²) < 4.78 is 32.8. The van der Waals surface area contributed by atoms with E-state index in [4.69, 9.17) is 16.3 Å². The van der Waals surface area contributed by atoms with Gasteiger partial charge in [0.15, 0.2) is 0 Å². The zero-order valence-corrected chi connectivity index (χ0v) is 18.8. The molecule has 0 radical (unpaired) electrons. The van der Waals surface area contributed by atoms with Crippen LogP contribution in [0.2, 0.25) is 5.02 Å². The second-order valence-corrected chi connectivity index (χ2v) is 10.7. The Morgan fingerprint density at radius 2 is 1.97 bits per heavy atom. The zero-order chi connectivity index (χ0) is 21.1. The number of sulfonamides is 1. The lowest BCUT2D eigenvalue weighted by molar-refractivity contribution is 0.0575. The van der Waals surface area contributed by atoms with Crippen molar-refractivity contribution in [2.45, 2.75) is 43.2 Å². The Kier molecular flexibility index (Phi) is 6.63. The highest BCUT2D eigenvalue weighted by molar-refractivity contribution is 7.89. The average molecular weight is 450 g/mol. The third-order valence-corrected chi connectivity index (χ3v) is 8.22. The van der Waals surface area contributed by atoms with Gasteiger partial charge >= 0.3 is 0 Å². The second-order valence-electron chi connectivity index (χ2n) is 8.26. The van der Waals surface area contributed by atoms with E-state index in [9.17, 15) is 8.42 Å². The van der Waals surface area contributed by atoms with Gasteiger partial charge in [0.2, 0.25) is 10.0 Å². The Hall–Kier alpha value is -1.67. The first-order valence-corrected chi connectivity index (χ1v) is 12.3. The summed E-state index contributed by atoms with van der Waals surface area (Å²) in [6.07, 6.45) is 7.17. The van der Waals surface area contributed by atoms with Crippen LogP contribution in [0.4, 0.5) is 0 Å². The van der Waals surface area contributed by atoms with Crippen molar-refractivity contribution in [3.63, 3.8) is 0 Å². The minimum atomic E-state index is -3.51. The second kappa shape index (κ2) is 9.22. The van der Waals surface area contributed by atoms with Crippen LogP contribution in [0.3, 0.4) is 0 Å². The first-order chi connectivity index (χ1) is 14.4. The molecule has 1 saturated carbocycles. The van der Waals surface area contributed by atoms with Crippen LogP contribution in [0.5, 0.6) is 5.75 Å². The SMILES string of the molecule is CN(CC1CC(Oc2cccc(CN3CCCC3)c2Cl)C1)S(=O)(=O)c1cccnc1. The van der Waals surface area contributed by atoms with Gasteiger partial charge in [0, 0.05) is 32.5 Å². The highest BCUT2D eigenvalue weighted by atomic mass is 35.5. The molecular weight excluding hydrogens is 422 g/mol. The summed E-state index contributed by atoms with van der Waals surface area (Å²) >= 11 is 6.62. The molecule has 0 amide bonds. The maximum atomic E-state index is 12.6. The quantitative estimate of drug-likeness (QED) is 0.613. The molecule has 0 spiro atoms. The van der Waals surface area contributed by atoms with Crippen molar-refractivity contribution < 1.29 is 13.2 Å². The lowest BCUT2D eigenvalue weighted by Crippen LogP contribution is -2.41. The standard InChI is InChI=1S/C22H28ClN3O3S/c1-25(30(27,28)20-7-5-9-24-14-20)15-17-12-19(13-17)29-21-8-4-6-18(22(21)23)16-26-10-2-3-11-26/h4-9,14,17,19H,2-3,10-13,15-16H2,1H3. The number of halogens is 1. The molecule has 2 fully saturated rings. The van der Waals surface area contributed by atoms with Gasteiger partial charge in [-0.25, -0.2) is 12.7 Å². The highest BCUT2D eigenvalue weighted by Gasteiger charge is 2.34. The van der Waals surface area contributed by atoms with Crippen molar-refractivity contribution in [3.05, 3.63) is 53.3 Å². The smallest absolute Gasteiger partial charge is 0.244 e. The average Bonchev–Trinajstić information content (AvgIpc) is 3.22. The molecule has 162 valence electrons. The molecule has 6 nitrogen and oxygen atoms in total. The van der Waals surface area contributed by atoms with E-state index in [2.05, 4.69) is 16.0 Å². The van der Waals surface area contributed by atoms with E-state index in [-0.39, 0.29) is 16.9 Å². The van der Waals surface area contributed by atoms with Gasteiger partial charge in [-0.15, -0.1) is 0 Å². The lowest BCUT2D eigenvalue weighted by atomic mass is 9.82. The van der Waals surface area contributed by atoms with E-state index in [1.165, 1.54) is 23.3 Å². The minimum Gasteiger partial charge on any atom is -0.489 e. The third kappa shape index (κ3) is 4.80. The molecular formula is C22H28ClN3O3S. The molecule has 30 heavy (non-hydrogen) atoms. The number of pyridine rings is 1. The Morgan fingerprint density at radius 3 is 2.67 bits per heavy atom. The van der Waals surface area contributed by atoms with E-state index in [1.807, 2.05) is 12.1 Å². The molecule has 2 heterocycles. The van der Waals surface area contributed by atoms with Crippen molar-refractivity contribution in [1.82, 2.24) is 14.2 Å². The van der Waals surface area contributed by atoms with Gasteiger partial charge in [0.05, 0.1) is 11.1 Å². The Bertz CT molecular complexity index is 959. The van der Waals surface area contributed by atoms with Crippen molar-refractivity contribution in [2.24, 2.45) is 5.92 Å². The van der Waals surface area contributed by atoms with Crippen LogP contribution in [0.1, 0.15) is 31.2 Å². The van der Waals surface area contributed by atoms with Gasteiger partial charge in [-0.1, -0.05) is 23.7 Å². The molecule has 0 atom stereocenters. The largest absolute Gasteiger partial charge is 0.489 e. The van der Waals surface area contributed by atoms with E-state index in [0.717, 1.165) is 43.8 Å². The van der Waals surface area contributed by atoms with Gasteiger partial charge in [-0.3, -0.25) is 9.88 Å². The van der Waals surface area contributed by atoms with Crippen molar-refractivity contribution >= 4 is 21.6 Å². The normalized spacial score (nSPS) is 22.2. The summed E-state index contributed by atoms with van der Waals surface area (Å²) in [5.74, 6) is 1.01. The van der Waals surface area contributed by atoms with Crippen LogP contribution in [0.25, 0.3) is 0 Å². The minimum absolute atomic E-state index is 0.0732. The molecule has 0 bridgehead atoms. The molecule has 1 aromatic carbocycles. The number of aromatic nitrogens is 1. The molecule has 1 aromatic heterocycles. The number of benzene rings is 1. The van der Waals surface area contributed by atoms with Crippen LogP contribution in [0.15, 0.2) is 47.6 Å². The van der Waals surface area contributed by atoms with Gasteiger partial charge in [0.25, 0.3) is 0 Å². The molecule has 2 aromatic rings.